The molecule has 0 aliphatic heterocycles. The average molecular weight is 304 g/mol. The van der Waals surface area contributed by atoms with E-state index in [1.54, 1.807) is 12.1 Å². The third-order valence-electron chi connectivity index (χ3n) is 2.16. The Morgan fingerprint density at radius 2 is 1.35 bits per heavy atom. The van der Waals surface area contributed by atoms with E-state index in [1.165, 1.54) is 0 Å². The Labute approximate surface area is 115 Å². The van der Waals surface area contributed by atoms with Gasteiger partial charge < -0.3 is 4.74 Å². The molecule has 0 amide bonds. The van der Waals surface area contributed by atoms with Crippen LogP contribution in [-0.4, -0.2) is 6.00 Å². The van der Waals surface area contributed by atoms with E-state index in [4.69, 9.17) is 38.0 Å². The van der Waals surface area contributed by atoms with Gasteiger partial charge in [-0.1, -0.05) is 36.4 Å². The quantitative estimate of drug-likeness (QED) is 0.605. The van der Waals surface area contributed by atoms with E-state index in [9.17, 15) is 0 Å². The molecule has 0 bridgehead atoms. The van der Waals surface area contributed by atoms with Crippen LogP contribution in [0.15, 0.2) is 54.6 Å². The highest BCUT2D eigenvalue weighted by molar-refractivity contribution is 7.69. The standard InChI is InChI=1S/C12H9Cl3OSi/c13-17(14,15)12-9-5-4-8-11(12)16-10-6-2-1-3-7-10/h1-9H. The van der Waals surface area contributed by atoms with Gasteiger partial charge in [-0.05, 0) is 18.2 Å². The van der Waals surface area contributed by atoms with Crippen LogP contribution in [0.4, 0.5) is 0 Å². The molecule has 1 nitrogen and oxygen atoms in total. The molecule has 2 aromatic carbocycles. The molecule has 0 saturated carbocycles. The Bertz CT molecular complexity index is 497. The lowest BCUT2D eigenvalue weighted by Gasteiger charge is -2.14. The first-order valence-electron chi connectivity index (χ1n) is 4.96. The Kier molecular flexibility index (Phi) is 3.99. The second kappa shape index (κ2) is 5.32. The first-order chi connectivity index (χ1) is 8.07. The predicted octanol–water partition coefficient (Wildman–Crippen LogP) is 4.34. The molecule has 17 heavy (non-hydrogen) atoms. The van der Waals surface area contributed by atoms with Crippen LogP contribution in [0.3, 0.4) is 0 Å². The highest BCUT2D eigenvalue weighted by atomic mass is 35.8. The third kappa shape index (κ3) is 3.39. The molecule has 88 valence electrons. The summed E-state index contributed by atoms with van der Waals surface area (Å²) < 4.78 is 5.72. The maximum absolute atomic E-state index is 6.02. The van der Waals surface area contributed by atoms with Crippen molar-refractivity contribution in [1.82, 2.24) is 0 Å². The van der Waals surface area contributed by atoms with E-state index in [2.05, 4.69) is 0 Å². The largest absolute Gasteiger partial charge is 0.457 e. The van der Waals surface area contributed by atoms with E-state index in [-0.39, 0.29) is 0 Å². The van der Waals surface area contributed by atoms with Gasteiger partial charge in [0.25, 0.3) is 0 Å². The molecule has 0 aliphatic rings. The monoisotopic (exact) mass is 302 g/mol. The molecule has 2 aromatic rings. The van der Waals surface area contributed by atoms with Crippen LogP contribution in [0, 0.1) is 0 Å². The second-order valence-electron chi connectivity index (χ2n) is 3.41. The second-order valence-corrected chi connectivity index (χ2v) is 11.8. The highest BCUT2D eigenvalue weighted by Gasteiger charge is 2.31. The minimum Gasteiger partial charge on any atom is -0.457 e. The highest BCUT2D eigenvalue weighted by Crippen LogP contribution is 2.27. The zero-order valence-electron chi connectivity index (χ0n) is 8.74. The van der Waals surface area contributed by atoms with Crippen LogP contribution in [0.25, 0.3) is 0 Å². The molecule has 0 spiro atoms. The van der Waals surface area contributed by atoms with Gasteiger partial charge in [-0.3, -0.25) is 0 Å². The van der Waals surface area contributed by atoms with E-state index < -0.39 is 6.00 Å². The molecule has 5 heteroatoms. The number of hydrogen-bond acceptors (Lipinski definition) is 1. The van der Waals surface area contributed by atoms with E-state index in [0.29, 0.717) is 10.9 Å². The van der Waals surface area contributed by atoms with Crippen molar-refractivity contribution in [2.24, 2.45) is 0 Å². The summed E-state index contributed by atoms with van der Waals surface area (Å²) in [5.74, 6) is 1.33. The molecule has 0 unspecified atom stereocenters. The number of hydrogen-bond donors (Lipinski definition) is 0. The van der Waals surface area contributed by atoms with Crippen LogP contribution < -0.4 is 9.92 Å². The fraction of sp³-hybridized carbons (Fsp3) is 0. The first kappa shape index (κ1) is 12.8. The smallest absolute Gasteiger partial charge is 0.376 e. The topological polar surface area (TPSA) is 9.23 Å². The third-order valence-corrected chi connectivity index (χ3v) is 5.02. The lowest BCUT2D eigenvalue weighted by atomic mass is 10.3. The number of halogens is 3. The van der Waals surface area contributed by atoms with Crippen LogP contribution in [-0.2, 0) is 0 Å². The van der Waals surface area contributed by atoms with Gasteiger partial charge in [-0.15, -0.1) is 33.2 Å². The molecule has 0 radical (unpaired) electrons. The molecule has 0 saturated heterocycles. The molecule has 0 heterocycles. The average Bonchev–Trinajstić information content (AvgIpc) is 2.30. The minimum atomic E-state index is -2.94. The maximum atomic E-state index is 6.02. The molecule has 0 atom stereocenters. The fourth-order valence-corrected chi connectivity index (χ4v) is 3.51. The van der Waals surface area contributed by atoms with Crippen molar-refractivity contribution in [3.63, 3.8) is 0 Å². The van der Waals surface area contributed by atoms with Crippen LogP contribution >= 0.6 is 33.2 Å². The number of rotatable bonds is 3. The molecule has 2 rings (SSSR count). The first-order valence-corrected chi connectivity index (χ1v) is 10.00. The molecule has 0 aliphatic carbocycles. The van der Waals surface area contributed by atoms with Crippen molar-refractivity contribution in [2.75, 3.05) is 0 Å². The number of ether oxygens (including phenoxy) is 1. The Morgan fingerprint density at radius 3 is 2.00 bits per heavy atom. The summed E-state index contributed by atoms with van der Waals surface area (Å²) >= 11 is 18.1. The van der Waals surface area contributed by atoms with Gasteiger partial charge in [0.15, 0.2) is 0 Å². The van der Waals surface area contributed by atoms with Gasteiger partial charge in [0, 0.05) is 5.19 Å². The molecule has 0 N–H and O–H groups in total. The summed E-state index contributed by atoms with van der Waals surface area (Å²) in [4.78, 5) is 0. The van der Waals surface area contributed by atoms with Crippen LogP contribution in [0.1, 0.15) is 0 Å². The number of benzene rings is 2. The molecule has 0 aromatic heterocycles. The molecular formula is C12H9Cl3OSi. The summed E-state index contributed by atoms with van der Waals surface area (Å²) in [6.07, 6.45) is 0. The van der Waals surface area contributed by atoms with Crippen molar-refractivity contribution < 1.29 is 4.74 Å². The van der Waals surface area contributed by atoms with Gasteiger partial charge in [0.2, 0.25) is 0 Å². The summed E-state index contributed by atoms with van der Waals surface area (Å²) in [7, 11) is 0. The Balaban J connectivity index is 2.34. The van der Waals surface area contributed by atoms with E-state index in [1.807, 2.05) is 42.5 Å². The summed E-state index contributed by atoms with van der Waals surface area (Å²) in [6, 6.07) is 13.8. The lowest BCUT2D eigenvalue weighted by Crippen LogP contribution is -2.31. The zero-order valence-corrected chi connectivity index (χ0v) is 12.0. The van der Waals surface area contributed by atoms with E-state index >= 15 is 0 Å². The SMILES string of the molecule is Cl[Si](Cl)(Cl)c1ccccc1Oc1ccccc1. The Morgan fingerprint density at radius 1 is 0.765 bits per heavy atom. The minimum absolute atomic E-state index is 0.602. The molecule has 0 fully saturated rings. The van der Waals surface area contributed by atoms with E-state index in [0.717, 1.165) is 5.75 Å². The predicted molar refractivity (Wildman–Crippen MR) is 75.9 cm³/mol. The van der Waals surface area contributed by atoms with Gasteiger partial charge in [0.1, 0.15) is 11.5 Å². The van der Waals surface area contributed by atoms with Gasteiger partial charge in [-0.2, -0.15) is 0 Å². The summed E-state index contributed by atoms with van der Waals surface area (Å²) in [5.41, 5.74) is 0. The summed E-state index contributed by atoms with van der Waals surface area (Å²) in [6.45, 7) is 0. The van der Waals surface area contributed by atoms with Gasteiger partial charge in [0.05, 0.1) is 0 Å². The van der Waals surface area contributed by atoms with Crippen LogP contribution in [0.5, 0.6) is 11.5 Å². The normalized spacial score (nSPS) is 11.2. The van der Waals surface area contributed by atoms with Crippen molar-refractivity contribution in [3.05, 3.63) is 54.6 Å². The molecular weight excluding hydrogens is 295 g/mol. The lowest BCUT2D eigenvalue weighted by molar-refractivity contribution is 0.486. The van der Waals surface area contributed by atoms with Gasteiger partial charge in [-0.25, -0.2) is 0 Å². The van der Waals surface area contributed by atoms with Crippen molar-refractivity contribution >= 4 is 44.4 Å². The van der Waals surface area contributed by atoms with Crippen molar-refractivity contribution in [3.8, 4) is 11.5 Å². The van der Waals surface area contributed by atoms with Gasteiger partial charge >= 0.3 is 6.00 Å². The maximum Gasteiger partial charge on any atom is 0.376 e. The number of para-hydroxylation sites is 2. The summed E-state index contributed by atoms with van der Waals surface area (Å²) in [5, 5.41) is 0.661. The Hall–Kier alpha value is -0.673. The zero-order chi connectivity index (χ0) is 12.3. The van der Waals surface area contributed by atoms with Crippen molar-refractivity contribution in [2.45, 2.75) is 0 Å². The van der Waals surface area contributed by atoms with Crippen molar-refractivity contribution in [1.29, 1.82) is 0 Å². The fourth-order valence-electron chi connectivity index (χ4n) is 1.41. The van der Waals surface area contributed by atoms with Crippen LogP contribution in [0.2, 0.25) is 0 Å².